The number of aromatic nitrogens is 4. The molecule has 11 heteroatoms. The average molecular weight is 441 g/mol. The van der Waals surface area contributed by atoms with E-state index < -0.39 is 12.2 Å². The summed E-state index contributed by atoms with van der Waals surface area (Å²) < 4.78 is 16.3. The molecule has 0 spiro atoms. The van der Waals surface area contributed by atoms with Gasteiger partial charge in [0.2, 0.25) is 0 Å². The Morgan fingerprint density at radius 3 is 2.84 bits per heavy atom. The third-order valence-corrected chi connectivity index (χ3v) is 6.16. The van der Waals surface area contributed by atoms with Crippen molar-refractivity contribution in [1.29, 1.82) is 0 Å². The number of rotatable bonds is 8. The number of amides is 1. The Morgan fingerprint density at radius 2 is 2.19 bits per heavy atom. The Hall–Kier alpha value is -3.47. The Kier molecular flexibility index (Phi) is 4.85. The maximum atomic E-state index is 13.5. The van der Waals surface area contributed by atoms with Crippen LogP contribution in [0.4, 0.5) is 21.7 Å². The van der Waals surface area contributed by atoms with Gasteiger partial charge in [0.05, 0.1) is 18.8 Å². The predicted molar refractivity (Wildman–Crippen MR) is 116 cm³/mol. The van der Waals surface area contributed by atoms with Gasteiger partial charge < -0.3 is 25.6 Å². The summed E-state index contributed by atoms with van der Waals surface area (Å²) in [6.45, 7) is 0.424. The molecule has 1 amide bonds. The summed E-state index contributed by atoms with van der Waals surface area (Å²) in [5, 5.41) is 22.6. The van der Waals surface area contributed by atoms with Gasteiger partial charge in [0.15, 0.2) is 5.65 Å². The minimum absolute atomic E-state index is 0.0386. The van der Waals surface area contributed by atoms with Gasteiger partial charge in [0.1, 0.15) is 29.1 Å². The van der Waals surface area contributed by atoms with Gasteiger partial charge in [0, 0.05) is 37.7 Å². The summed E-state index contributed by atoms with van der Waals surface area (Å²) in [4.78, 5) is 30.0. The average Bonchev–Trinajstić information content (AvgIpc) is 3.69. The fourth-order valence-electron chi connectivity index (χ4n) is 3.74. The van der Waals surface area contributed by atoms with E-state index in [-0.39, 0.29) is 34.7 Å². The summed E-state index contributed by atoms with van der Waals surface area (Å²) >= 11 is 0. The van der Waals surface area contributed by atoms with E-state index in [9.17, 15) is 19.1 Å². The number of fused-ring (bicyclic) bond motifs is 1. The largest absolute Gasteiger partial charge is 0.396 e. The first-order valence-corrected chi connectivity index (χ1v) is 10.5. The molecule has 3 aromatic rings. The molecule has 0 aromatic carbocycles. The first-order chi connectivity index (χ1) is 15.4. The lowest BCUT2D eigenvalue weighted by Crippen LogP contribution is -2.31. The molecule has 5 rings (SSSR count). The van der Waals surface area contributed by atoms with Crippen molar-refractivity contribution in [2.75, 3.05) is 30.8 Å². The molecule has 3 aromatic heterocycles. The first kappa shape index (κ1) is 20.4. The molecule has 2 aliphatic carbocycles. The zero-order valence-electron chi connectivity index (χ0n) is 17.5. The first-order valence-electron chi connectivity index (χ1n) is 10.5. The second-order valence-electron chi connectivity index (χ2n) is 8.49. The number of hydrogen-bond donors (Lipinski definition) is 4. The lowest BCUT2D eigenvalue weighted by atomic mass is 10.1. The maximum absolute atomic E-state index is 13.5. The third-order valence-electron chi connectivity index (χ3n) is 6.16. The molecule has 32 heavy (non-hydrogen) atoms. The topological polar surface area (TPSA) is 126 Å². The number of hydrogen-bond acceptors (Lipinski definition) is 7. The van der Waals surface area contributed by atoms with Crippen molar-refractivity contribution in [3.8, 4) is 0 Å². The highest BCUT2D eigenvalue weighted by Gasteiger charge is 2.42. The second-order valence-corrected chi connectivity index (χ2v) is 8.49. The molecule has 3 heterocycles. The zero-order chi connectivity index (χ0) is 22.5. The quantitative estimate of drug-likeness (QED) is 0.417. The minimum Gasteiger partial charge on any atom is -0.396 e. The van der Waals surface area contributed by atoms with Crippen LogP contribution in [0.3, 0.4) is 0 Å². The van der Waals surface area contributed by atoms with E-state index in [0.717, 1.165) is 12.8 Å². The van der Waals surface area contributed by atoms with E-state index in [1.165, 1.54) is 15.3 Å². The lowest BCUT2D eigenvalue weighted by Gasteiger charge is -2.13. The van der Waals surface area contributed by atoms with Crippen molar-refractivity contribution < 1.29 is 14.3 Å². The van der Waals surface area contributed by atoms with Crippen LogP contribution in [-0.2, 0) is 0 Å². The molecule has 0 aliphatic heterocycles. The number of aliphatic hydroxyl groups is 1. The van der Waals surface area contributed by atoms with Crippen molar-refractivity contribution >= 4 is 28.9 Å². The van der Waals surface area contributed by atoms with E-state index in [2.05, 4.69) is 26.0 Å². The highest BCUT2D eigenvalue weighted by atomic mass is 19.1. The van der Waals surface area contributed by atoms with Gasteiger partial charge in [-0.15, -0.1) is 0 Å². The zero-order valence-corrected chi connectivity index (χ0v) is 17.5. The molecule has 0 saturated heterocycles. The smallest absolute Gasteiger partial charge is 0.274 e. The molecule has 10 nitrogen and oxygen atoms in total. The van der Waals surface area contributed by atoms with Gasteiger partial charge in [0.25, 0.3) is 11.5 Å². The molecule has 2 saturated carbocycles. The van der Waals surface area contributed by atoms with E-state index in [1.807, 2.05) is 0 Å². The Balaban J connectivity index is 1.45. The van der Waals surface area contributed by atoms with Gasteiger partial charge in [-0.05, 0) is 25.0 Å². The molecule has 168 valence electrons. The molecular weight excluding hydrogens is 417 g/mol. The predicted octanol–water partition coefficient (Wildman–Crippen LogP) is 1.46. The molecule has 2 fully saturated rings. The van der Waals surface area contributed by atoms with Gasteiger partial charge in [-0.2, -0.15) is 9.61 Å². The van der Waals surface area contributed by atoms with Crippen LogP contribution in [0.1, 0.15) is 35.7 Å². The number of halogens is 1. The van der Waals surface area contributed by atoms with Crippen molar-refractivity contribution in [2.24, 2.45) is 5.41 Å². The van der Waals surface area contributed by atoms with Crippen molar-refractivity contribution in [3.63, 3.8) is 0 Å². The SMILES string of the molecule is CNc1cc(Nc2cccn(C3CC3F)c2=O)nc2c(C(=O)NCC3(CO)CC3)cnn12. The Bertz CT molecular complexity index is 1250. The number of anilines is 3. The number of nitrogens with one attached hydrogen (secondary N) is 3. The Morgan fingerprint density at radius 1 is 1.41 bits per heavy atom. The number of nitrogens with zero attached hydrogens (tertiary/aromatic N) is 4. The lowest BCUT2D eigenvalue weighted by molar-refractivity contribution is 0.0936. The van der Waals surface area contributed by atoms with Crippen LogP contribution >= 0.6 is 0 Å². The summed E-state index contributed by atoms with van der Waals surface area (Å²) in [6.07, 6.45) is 4.11. The maximum Gasteiger partial charge on any atom is 0.274 e. The minimum atomic E-state index is -0.998. The molecular formula is C21H24FN7O3. The van der Waals surface area contributed by atoms with E-state index >= 15 is 0 Å². The van der Waals surface area contributed by atoms with Gasteiger partial charge >= 0.3 is 0 Å². The molecule has 2 aliphatic rings. The number of alkyl halides is 1. The van der Waals surface area contributed by atoms with Gasteiger partial charge in [-0.3, -0.25) is 9.59 Å². The van der Waals surface area contributed by atoms with E-state index in [1.54, 1.807) is 31.4 Å². The van der Waals surface area contributed by atoms with Crippen LogP contribution in [0, 0.1) is 5.41 Å². The molecule has 0 radical (unpaired) electrons. The van der Waals surface area contributed by atoms with Crippen LogP contribution in [0.25, 0.3) is 5.65 Å². The normalized spacial score (nSPS) is 20.7. The number of pyridine rings is 1. The number of aliphatic hydroxyl groups excluding tert-OH is 1. The molecule has 2 atom stereocenters. The van der Waals surface area contributed by atoms with E-state index in [0.29, 0.717) is 30.2 Å². The van der Waals surface area contributed by atoms with Crippen molar-refractivity contribution in [1.82, 2.24) is 24.5 Å². The van der Waals surface area contributed by atoms with Crippen LogP contribution in [0.2, 0.25) is 0 Å². The van der Waals surface area contributed by atoms with Gasteiger partial charge in [-0.1, -0.05) is 0 Å². The number of carbonyl (C=O) groups is 1. The molecule has 0 bridgehead atoms. The van der Waals surface area contributed by atoms with Crippen molar-refractivity contribution in [2.45, 2.75) is 31.5 Å². The van der Waals surface area contributed by atoms with Crippen molar-refractivity contribution in [3.05, 3.63) is 46.5 Å². The highest BCUT2D eigenvalue weighted by Crippen LogP contribution is 2.44. The molecule has 4 N–H and O–H groups in total. The van der Waals surface area contributed by atoms with Crippen LogP contribution in [0.15, 0.2) is 35.4 Å². The standard InChI is InChI=1S/C21H24FN7O3/c1-23-17-8-16(26-14-3-2-6-28(20(14)32)15-7-13(15)22)27-18-12(9-25-29(17)18)19(31)24-10-21(11-30)4-5-21/h2-3,6,8-9,13,15,23,30H,4-5,7,10-11H2,1H3,(H,24,31)(H,26,27). The van der Waals surface area contributed by atoms with Crippen LogP contribution < -0.4 is 21.5 Å². The highest BCUT2D eigenvalue weighted by molar-refractivity contribution is 6.00. The Labute approximate surface area is 182 Å². The number of carbonyl (C=O) groups excluding carboxylic acids is 1. The fraction of sp³-hybridized carbons (Fsp3) is 0.429. The van der Waals surface area contributed by atoms with E-state index in [4.69, 9.17) is 0 Å². The molecule has 2 unspecified atom stereocenters. The monoisotopic (exact) mass is 441 g/mol. The van der Waals surface area contributed by atoms with Crippen LogP contribution in [-0.4, -0.2) is 56.5 Å². The van der Waals surface area contributed by atoms with Crippen LogP contribution in [0.5, 0.6) is 0 Å². The summed E-state index contributed by atoms with van der Waals surface area (Å²) in [6, 6.07) is 4.52. The summed E-state index contributed by atoms with van der Waals surface area (Å²) in [5.74, 6) is 0.567. The summed E-state index contributed by atoms with van der Waals surface area (Å²) in [5.41, 5.74) is 0.295. The second kappa shape index (κ2) is 7.59. The fourth-order valence-corrected chi connectivity index (χ4v) is 3.74. The summed E-state index contributed by atoms with van der Waals surface area (Å²) in [7, 11) is 1.71. The third kappa shape index (κ3) is 3.58. The van der Waals surface area contributed by atoms with Gasteiger partial charge in [-0.25, -0.2) is 9.37 Å².